The van der Waals surface area contributed by atoms with Crippen LogP contribution < -0.4 is 0 Å². The molecule has 1 atom stereocenters. The van der Waals surface area contributed by atoms with E-state index in [0.717, 1.165) is 45.3 Å². The van der Waals surface area contributed by atoms with Gasteiger partial charge < -0.3 is 5.11 Å². The number of likely N-dealkylation sites (tertiary alicyclic amines) is 1. The number of hydrogen-bond donors (Lipinski definition) is 1. The molecule has 3 heteroatoms. The average molecular weight is 211 g/mol. The molecule has 2 rings (SSSR count). The second-order valence-corrected chi connectivity index (χ2v) is 5.16. The zero-order valence-electron chi connectivity index (χ0n) is 9.54. The molecule has 1 saturated carbocycles. The highest BCUT2D eigenvalue weighted by Gasteiger charge is 2.40. The molecule has 15 heavy (non-hydrogen) atoms. The highest BCUT2D eigenvalue weighted by atomic mass is 16.3. The van der Waals surface area contributed by atoms with Crippen molar-refractivity contribution in [2.45, 2.75) is 44.6 Å². The standard InChI is InChI=1S/C12H21NO2/c1-2-12(15)8-13(9-12)7-10-5-3-4-6-11(10)14/h10,15H,2-9H2,1H3. The largest absolute Gasteiger partial charge is 0.387 e. The van der Waals surface area contributed by atoms with Gasteiger partial charge in [-0.25, -0.2) is 0 Å². The molecule has 0 amide bonds. The molecule has 0 aromatic carbocycles. The van der Waals surface area contributed by atoms with Crippen molar-refractivity contribution >= 4 is 5.78 Å². The van der Waals surface area contributed by atoms with Gasteiger partial charge in [0.1, 0.15) is 5.78 Å². The van der Waals surface area contributed by atoms with Crippen LogP contribution in [0.25, 0.3) is 0 Å². The van der Waals surface area contributed by atoms with E-state index in [0.29, 0.717) is 5.78 Å². The minimum Gasteiger partial charge on any atom is -0.387 e. The lowest BCUT2D eigenvalue weighted by atomic mass is 9.84. The molecule has 1 saturated heterocycles. The quantitative estimate of drug-likeness (QED) is 0.762. The van der Waals surface area contributed by atoms with Gasteiger partial charge in [0.25, 0.3) is 0 Å². The van der Waals surface area contributed by atoms with Gasteiger partial charge in [0, 0.05) is 32.0 Å². The number of nitrogens with zero attached hydrogens (tertiary/aromatic N) is 1. The highest BCUT2D eigenvalue weighted by Crippen LogP contribution is 2.28. The van der Waals surface area contributed by atoms with Gasteiger partial charge >= 0.3 is 0 Å². The summed E-state index contributed by atoms with van der Waals surface area (Å²) >= 11 is 0. The average Bonchev–Trinajstić information content (AvgIpc) is 2.18. The monoisotopic (exact) mass is 211 g/mol. The number of rotatable bonds is 3. The van der Waals surface area contributed by atoms with E-state index in [9.17, 15) is 9.90 Å². The number of ketones is 1. The molecule has 0 bridgehead atoms. The molecular formula is C12H21NO2. The number of β-amino-alcohol motifs (C(OH)–C–C–N with tert-alkyl or cyclic N) is 1. The molecule has 2 fully saturated rings. The Balaban J connectivity index is 1.76. The number of carbonyl (C=O) groups excluding carboxylic acids is 1. The Bertz CT molecular complexity index is 246. The molecule has 2 aliphatic rings. The predicted molar refractivity (Wildman–Crippen MR) is 58.6 cm³/mol. The van der Waals surface area contributed by atoms with Crippen molar-refractivity contribution in [2.75, 3.05) is 19.6 Å². The van der Waals surface area contributed by atoms with E-state index in [1.54, 1.807) is 0 Å². The Labute approximate surface area is 91.5 Å². The second kappa shape index (κ2) is 4.22. The topological polar surface area (TPSA) is 40.5 Å². The number of hydrogen-bond acceptors (Lipinski definition) is 3. The van der Waals surface area contributed by atoms with E-state index in [1.807, 2.05) is 6.92 Å². The first-order valence-corrected chi connectivity index (χ1v) is 6.10. The normalized spacial score (nSPS) is 31.3. The van der Waals surface area contributed by atoms with Crippen molar-refractivity contribution in [3.63, 3.8) is 0 Å². The molecule has 0 radical (unpaired) electrons. The van der Waals surface area contributed by atoms with Crippen LogP contribution in [0.15, 0.2) is 0 Å². The summed E-state index contributed by atoms with van der Waals surface area (Å²) in [6.45, 7) is 4.41. The maximum Gasteiger partial charge on any atom is 0.137 e. The van der Waals surface area contributed by atoms with Crippen LogP contribution in [0.3, 0.4) is 0 Å². The summed E-state index contributed by atoms with van der Waals surface area (Å²) in [5.41, 5.74) is -0.461. The minimum absolute atomic E-state index is 0.250. The molecule has 1 heterocycles. The van der Waals surface area contributed by atoms with Gasteiger partial charge in [0.05, 0.1) is 5.60 Å². The maximum absolute atomic E-state index is 11.6. The number of aliphatic hydroxyl groups is 1. The fraction of sp³-hybridized carbons (Fsp3) is 0.917. The van der Waals surface area contributed by atoms with E-state index in [-0.39, 0.29) is 5.92 Å². The van der Waals surface area contributed by atoms with Gasteiger partial charge in [0.2, 0.25) is 0 Å². The molecule has 1 N–H and O–H groups in total. The predicted octanol–water partition coefficient (Wildman–Crippen LogP) is 1.20. The first-order valence-electron chi connectivity index (χ1n) is 6.10. The number of carbonyl (C=O) groups is 1. The van der Waals surface area contributed by atoms with Crippen LogP contribution in [0.5, 0.6) is 0 Å². The zero-order valence-corrected chi connectivity index (χ0v) is 9.54. The highest BCUT2D eigenvalue weighted by molar-refractivity contribution is 5.81. The third kappa shape index (κ3) is 2.40. The van der Waals surface area contributed by atoms with Crippen LogP contribution in [0.4, 0.5) is 0 Å². The molecular weight excluding hydrogens is 190 g/mol. The molecule has 1 unspecified atom stereocenters. The summed E-state index contributed by atoms with van der Waals surface area (Å²) in [7, 11) is 0. The summed E-state index contributed by atoms with van der Waals surface area (Å²) in [5, 5.41) is 9.86. The Morgan fingerprint density at radius 2 is 2.20 bits per heavy atom. The van der Waals surface area contributed by atoms with Crippen molar-refractivity contribution in [3.8, 4) is 0 Å². The lowest BCUT2D eigenvalue weighted by Gasteiger charge is -2.47. The van der Waals surface area contributed by atoms with Crippen LogP contribution in [-0.2, 0) is 4.79 Å². The summed E-state index contributed by atoms with van der Waals surface area (Å²) < 4.78 is 0. The first kappa shape index (κ1) is 11.1. The first-order chi connectivity index (χ1) is 7.13. The van der Waals surface area contributed by atoms with Crippen molar-refractivity contribution in [1.29, 1.82) is 0 Å². The van der Waals surface area contributed by atoms with Gasteiger partial charge in [-0.15, -0.1) is 0 Å². The fourth-order valence-corrected chi connectivity index (χ4v) is 2.70. The smallest absolute Gasteiger partial charge is 0.137 e. The second-order valence-electron chi connectivity index (χ2n) is 5.16. The van der Waals surface area contributed by atoms with Gasteiger partial charge in [-0.3, -0.25) is 9.69 Å². The Kier molecular flexibility index (Phi) is 3.12. The molecule has 0 aromatic rings. The van der Waals surface area contributed by atoms with Crippen molar-refractivity contribution in [2.24, 2.45) is 5.92 Å². The summed E-state index contributed by atoms with van der Waals surface area (Å²) in [6, 6.07) is 0. The Morgan fingerprint density at radius 3 is 2.80 bits per heavy atom. The van der Waals surface area contributed by atoms with Gasteiger partial charge in [-0.1, -0.05) is 13.3 Å². The molecule has 86 valence electrons. The minimum atomic E-state index is -0.461. The van der Waals surface area contributed by atoms with Gasteiger partial charge in [-0.2, -0.15) is 0 Å². The van der Waals surface area contributed by atoms with E-state index >= 15 is 0 Å². The maximum atomic E-state index is 11.6. The lowest BCUT2D eigenvalue weighted by molar-refractivity contribution is -0.131. The van der Waals surface area contributed by atoms with E-state index in [4.69, 9.17) is 0 Å². The SMILES string of the molecule is CCC1(O)CN(CC2CCCCC2=O)C1. The third-order valence-electron chi connectivity index (χ3n) is 3.85. The summed E-state index contributed by atoms with van der Waals surface area (Å²) in [6.07, 6.45) is 4.93. The Hall–Kier alpha value is -0.410. The zero-order chi connectivity index (χ0) is 10.9. The van der Waals surface area contributed by atoms with E-state index < -0.39 is 5.60 Å². The molecule has 3 nitrogen and oxygen atoms in total. The van der Waals surface area contributed by atoms with Crippen molar-refractivity contribution in [1.82, 2.24) is 4.90 Å². The van der Waals surface area contributed by atoms with Crippen LogP contribution >= 0.6 is 0 Å². The molecule has 0 aromatic heterocycles. The van der Waals surface area contributed by atoms with Crippen LogP contribution in [-0.4, -0.2) is 41.0 Å². The molecule has 1 aliphatic carbocycles. The van der Waals surface area contributed by atoms with Crippen LogP contribution in [0.1, 0.15) is 39.0 Å². The van der Waals surface area contributed by atoms with Crippen LogP contribution in [0.2, 0.25) is 0 Å². The Morgan fingerprint density at radius 1 is 1.47 bits per heavy atom. The summed E-state index contributed by atoms with van der Waals surface area (Å²) in [4.78, 5) is 13.8. The van der Waals surface area contributed by atoms with E-state index in [1.165, 1.54) is 6.42 Å². The van der Waals surface area contributed by atoms with Crippen molar-refractivity contribution in [3.05, 3.63) is 0 Å². The van der Waals surface area contributed by atoms with E-state index in [2.05, 4.69) is 4.90 Å². The molecule has 1 aliphatic heterocycles. The van der Waals surface area contributed by atoms with Gasteiger partial charge in [0.15, 0.2) is 0 Å². The molecule has 0 spiro atoms. The van der Waals surface area contributed by atoms with Gasteiger partial charge in [-0.05, 0) is 19.3 Å². The lowest BCUT2D eigenvalue weighted by Crippen LogP contribution is -2.62. The summed E-state index contributed by atoms with van der Waals surface area (Å²) in [5.74, 6) is 0.688. The van der Waals surface area contributed by atoms with Crippen molar-refractivity contribution < 1.29 is 9.90 Å². The fourth-order valence-electron chi connectivity index (χ4n) is 2.70. The van der Waals surface area contributed by atoms with Crippen LogP contribution in [0, 0.1) is 5.92 Å². The third-order valence-corrected chi connectivity index (χ3v) is 3.85. The number of Topliss-reactive ketones (excluding diaryl/α,β-unsaturated/α-hetero) is 1.